The van der Waals surface area contributed by atoms with Crippen LogP contribution in [-0.4, -0.2) is 24.3 Å². The molecule has 180 valence electrons. The molecule has 2 N–H and O–H groups in total. The van der Waals surface area contributed by atoms with Gasteiger partial charge in [-0.1, -0.05) is 80.6 Å². The lowest BCUT2D eigenvalue weighted by molar-refractivity contribution is -0.150. The molecule has 1 aliphatic heterocycles. The Hall–Kier alpha value is -3.41. The van der Waals surface area contributed by atoms with Gasteiger partial charge in [0.25, 0.3) is 0 Å². The number of hydrogen-bond donors (Lipinski definition) is 2. The van der Waals surface area contributed by atoms with Crippen molar-refractivity contribution in [1.29, 1.82) is 0 Å². The second kappa shape index (κ2) is 12.7. The molecule has 2 aromatic rings. The quantitative estimate of drug-likeness (QED) is 0.486. The number of carbonyl (C=O) groups is 3. The van der Waals surface area contributed by atoms with E-state index in [2.05, 4.69) is 36.6 Å². The SMILES string of the molecule is CC(C)c1ccc(CNC(=O)C[C@@H]2C/C=C/CCC(=O)O[C@H](c3ccccc3)CNC2=O)cc1. The molecule has 1 aliphatic rings. The number of esters is 1. The summed E-state index contributed by atoms with van der Waals surface area (Å²) in [7, 11) is 0. The number of nitrogens with one attached hydrogen (secondary N) is 2. The summed E-state index contributed by atoms with van der Waals surface area (Å²) in [5, 5.41) is 5.82. The van der Waals surface area contributed by atoms with Crippen LogP contribution in [0.4, 0.5) is 0 Å². The van der Waals surface area contributed by atoms with E-state index in [0.29, 0.717) is 25.3 Å². The lowest BCUT2D eigenvalue weighted by Crippen LogP contribution is -2.37. The fraction of sp³-hybridized carbons (Fsp3) is 0.393. The molecule has 0 radical (unpaired) electrons. The van der Waals surface area contributed by atoms with Crippen LogP contribution in [0, 0.1) is 5.92 Å². The fourth-order valence-corrected chi connectivity index (χ4v) is 3.83. The minimum absolute atomic E-state index is 0.0933. The standard InChI is InChI=1S/C28H34N2O4/c1-20(2)22-15-13-21(14-16-22)18-29-26(31)17-24-11-7-4-8-12-27(32)34-25(19-30-28(24)33)23-9-5-3-6-10-23/h3-7,9-10,13-16,20,24-25H,8,11-12,17-19H2,1-2H3,(H,29,31)(H,30,33)/b7-4+/t24-,25-/m0/s1. The van der Waals surface area contributed by atoms with Gasteiger partial charge in [-0.2, -0.15) is 0 Å². The number of hydrogen-bond acceptors (Lipinski definition) is 4. The summed E-state index contributed by atoms with van der Waals surface area (Å²) in [6, 6.07) is 17.6. The number of rotatable bonds is 6. The summed E-state index contributed by atoms with van der Waals surface area (Å²) < 4.78 is 5.62. The Labute approximate surface area is 201 Å². The number of amides is 2. The van der Waals surface area contributed by atoms with E-state index in [1.807, 2.05) is 54.6 Å². The van der Waals surface area contributed by atoms with E-state index in [1.54, 1.807) is 0 Å². The first-order valence-corrected chi connectivity index (χ1v) is 11.9. The molecule has 0 saturated carbocycles. The molecule has 2 aromatic carbocycles. The van der Waals surface area contributed by atoms with Crippen LogP contribution in [0.1, 0.15) is 68.2 Å². The number of carbonyl (C=O) groups excluding carboxylic acids is 3. The van der Waals surface area contributed by atoms with E-state index in [4.69, 9.17) is 4.74 Å². The van der Waals surface area contributed by atoms with Gasteiger partial charge in [0.2, 0.25) is 11.8 Å². The van der Waals surface area contributed by atoms with Gasteiger partial charge in [0.05, 0.1) is 12.5 Å². The van der Waals surface area contributed by atoms with Gasteiger partial charge in [-0.05, 0) is 35.4 Å². The first kappa shape index (κ1) is 25.2. The van der Waals surface area contributed by atoms with Crippen molar-refractivity contribution < 1.29 is 19.1 Å². The molecular weight excluding hydrogens is 428 g/mol. The monoisotopic (exact) mass is 462 g/mol. The van der Waals surface area contributed by atoms with Crippen LogP contribution in [0.25, 0.3) is 0 Å². The normalized spacial score (nSPS) is 20.4. The molecule has 0 saturated heterocycles. The second-order valence-corrected chi connectivity index (χ2v) is 8.95. The number of allylic oxidation sites excluding steroid dienone is 2. The van der Waals surface area contributed by atoms with E-state index in [1.165, 1.54) is 5.56 Å². The van der Waals surface area contributed by atoms with Gasteiger partial charge in [-0.15, -0.1) is 0 Å². The third-order valence-electron chi connectivity index (χ3n) is 5.95. The van der Waals surface area contributed by atoms with Crippen LogP contribution >= 0.6 is 0 Å². The number of ether oxygens (including phenoxy) is 1. The fourth-order valence-electron chi connectivity index (χ4n) is 3.83. The third kappa shape index (κ3) is 7.87. The molecule has 2 atom stereocenters. The molecule has 1 heterocycles. The minimum atomic E-state index is -0.565. The molecule has 0 fully saturated rings. The first-order valence-electron chi connectivity index (χ1n) is 11.9. The highest BCUT2D eigenvalue weighted by Gasteiger charge is 2.24. The Balaban J connectivity index is 1.60. The highest BCUT2D eigenvalue weighted by atomic mass is 16.5. The summed E-state index contributed by atoms with van der Waals surface area (Å²) in [6.45, 7) is 4.88. The summed E-state index contributed by atoms with van der Waals surface area (Å²) in [4.78, 5) is 37.8. The van der Waals surface area contributed by atoms with Crippen molar-refractivity contribution in [2.45, 2.75) is 58.1 Å². The molecule has 0 spiro atoms. The van der Waals surface area contributed by atoms with Gasteiger partial charge in [-0.3, -0.25) is 14.4 Å². The third-order valence-corrected chi connectivity index (χ3v) is 5.95. The minimum Gasteiger partial charge on any atom is -0.456 e. The predicted molar refractivity (Wildman–Crippen MR) is 132 cm³/mol. The largest absolute Gasteiger partial charge is 0.456 e. The van der Waals surface area contributed by atoms with Gasteiger partial charge in [0, 0.05) is 19.4 Å². The van der Waals surface area contributed by atoms with Crippen LogP contribution < -0.4 is 10.6 Å². The highest BCUT2D eigenvalue weighted by molar-refractivity contribution is 5.86. The van der Waals surface area contributed by atoms with Crippen molar-refractivity contribution in [2.75, 3.05) is 6.54 Å². The van der Waals surface area contributed by atoms with Gasteiger partial charge in [0.1, 0.15) is 6.10 Å². The van der Waals surface area contributed by atoms with Crippen molar-refractivity contribution in [3.05, 3.63) is 83.4 Å². The van der Waals surface area contributed by atoms with Crippen LogP contribution in [0.3, 0.4) is 0 Å². The van der Waals surface area contributed by atoms with Crippen molar-refractivity contribution in [3.63, 3.8) is 0 Å². The Bertz CT molecular complexity index is 983. The summed E-state index contributed by atoms with van der Waals surface area (Å²) in [5.74, 6) is -0.726. The number of cyclic esters (lactones) is 1. The van der Waals surface area contributed by atoms with Gasteiger partial charge < -0.3 is 15.4 Å². The number of benzene rings is 2. The van der Waals surface area contributed by atoms with Crippen LogP contribution in [0.2, 0.25) is 0 Å². The van der Waals surface area contributed by atoms with Crippen molar-refractivity contribution >= 4 is 17.8 Å². The maximum atomic E-state index is 12.9. The van der Waals surface area contributed by atoms with Crippen molar-refractivity contribution in [3.8, 4) is 0 Å². The zero-order valence-electron chi connectivity index (χ0n) is 20.0. The molecule has 2 amide bonds. The lowest BCUT2D eigenvalue weighted by Gasteiger charge is -2.21. The van der Waals surface area contributed by atoms with E-state index in [-0.39, 0.29) is 37.2 Å². The Morgan fingerprint density at radius 2 is 1.79 bits per heavy atom. The van der Waals surface area contributed by atoms with Crippen LogP contribution in [-0.2, 0) is 25.7 Å². The Morgan fingerprint density at radius 1 is 1.06 bits per heavy atom. The van der Waals surface area contributed by atoms with Gasteiger partial charge in [0.15, 0.2) is 0 Å². The van der Waals surface area contributed by atoms with Crippen molar-refractivity contribution in [2.24, 2.45) is 5.92 Å². The van der Waals surface area contributed by atoms with Crippen molar-refractivity contribution in [1.82, 2.24) is 10.6 Å². The van der Waals surface area contributed by atoms with E-state index in [9.17, 15) is 14.4 Å². The maximum Gasteiger partial charge on any atom is 0.306 e. The second-order valence-electron chi connectivity index (χ2n) is 8.95. The molecule has 0 aliphatic carbocycles. The highest BCUT2D eigenvalue weighted by Crippen LogP contribution is 2.20. The van der Waals surface area contributed by atoms with E-state index in [0.717, 1.165) is 11.1 Å². The molecule has 6 heteroatoms. The Morgan fingerprint density at radius 3 is 2.50 bits per heavy atom. The van der Waals surface area contributed by atoms with E-state index >= 15 is 0 Å². The van der Waals surface area contributed by atoms with Gasteiger partial charge in [-0.25, -0.2) is 0 Å². The maximum absolute atomic E-state index is 12.9. The van der Waals surface area contributed by atoms with Gasteiger partial charge >= 0.3 is 5.97 Å². The molecule has 34 heavy (non-hydrogen) atoms. The zero-order valence-corrected chi connectivity index (χ0v) is 20.0. The molecule has 0 unspecified atom stereocenters. The molecule has 3 rings (SSSR count). The van der Waals surface area contributed by atoms with Crippen LogP contribution in [0.5, 0.6) is 0 Å². The summed E-state index contributed by atoms with van der Waals surface area (Å²) in [5.41, 5.74) is 3.10. The van der Waals surface area contributed by atoms with Crippen LogP contribution in [0.15, 0.2) is 66.7 Å². The van der Waals surface area contributed by atoms with E-state index < -0.39 is 12.0 Å². The summed E-state index contributed by atoms with van der Waals surface area (Å²) >= 11 is 0. The molecule has 0 aromatic heterocycles. The topological polar surface area (TPSA) is 84.5 Å². The lowest BCUT2D eigenvalue weighted by atomic mass is 9.98. The molecule has 6 nitrogen and oxygen atoms in total. The average molecular weight is 463 g/mol. The zero-order chi connectivity index (χ0) is 24.3. The predicted octanol–water partition coefficient (Wildman–Crippen LogP) is 4.57. The average Bonchev–Trinajstić information content (AvgIpc) is 2.84. The molecule has 0 bridgehead atoms. The first-order chi connectivity index (χ1) is 16.4. The molecular formula is C28H34N2O4. The smallest absolute Gasteiger partial charge is 0.306 e. The Kier molecular flexibility index (Phi) is 9.44. The summed E-state index contributed by atoms with van der Waals surface area (Å²) in [6.07, 6.45) is 4.51.